The van der Waals surface area contributed by atoms with Crippen LogP contribution < -0.4 is 0 Å². The summed E-state index contributed by atoms with van der Waals surface area (Å²) in [5.74, 6) is -0.146. The van der Waals surface area contributed by atoms with Gasteiger partial charge in [-0.2, -0.15) is 0 Å². The summed E-state index contributed by atoms with van der Waals surface area (Å²) in [6.07, 6.45) is 2.22. The molecule has 1 aromatic rings. The van der Waals surface area contributed by atoms with Crippen molar-refractivity contribution in [3.05, 3.63) is 24.0 Å². The Morgan fingerprint density at radius 1 is 1.70 bits per heavy atom. The number of rotatable bonds is 1. The zero-order valence-corrected chi connectivity index (χ0v) is 5.57. The molecule has 3 nitrogen and oxygen atoms in total. The van der Waals surface area contributed by atoms with E-state index in [2.05, 4.69) is 0 Å². The number of hydrogen-bond acceptors (Lipinski definition) is 2. The predicted molar refractivity (Wildman–Crippen MR) is 36.1 cm³/mol. The molecule has 0 aromatic carbocycles. The van der Waals surface area contributed by atoms with Gasteiger partial charge in [-0.05, 0) is 12.1 Å². The van der Waals surface area contributed by atoms with E-state index in [1.165, 1.54) is 11.5 Å². The Bertz CT molecular complexity index is 262. The number of aldehydes is 1. The quantitative estimate of drug-likeness (QED) is 0.541. The minimum atomic E-state index is -0.146. The van der Waals surface area contributed by atoms with E-state index >= 15 is 0 Å². The molecule has 0 amide bonds. The molecule has 0 fully saturated rings. The van der Waals surface area contributed by atoms with Gasteiger partial charge in [0.25, 0.3) is 0 Å². The van der Waals surface area contributed by atoms with E-state index in [0.717, 1.165) is 0 Å². The standard InChI is InChI=1S/C7H7NO2/c1-6(10)8-4-2-3-7(8)5-9/h2-5H,1H3. The summed E-state index contributed by atoms with van der Waals surface area (Å²) in [5, 5.41) is 0. The fraction of sp³-hybridized carbons (Fsp3) is 0.143. The zero-order chi connectivity index (χ0) is 7.56. The van der Waals surface area contributed by atoms with Gasteiger partial charge in [-0.1, -0.05) is 0 Å². The Morgan fingerprint density at radius 2 is 2.40 bits per heavy atom. The topological polar surface area (TPSA) is 39.1 Å². The van der Waals surface area contributed by atoms with Gasteiger partial charge >= 0.3 is 0 Å². The average Bonchev–Trinajstić information content (AvgIpc) is 2.33. The highest BCUT2D eigenvalue weighted by Gasteiger charge is 2.00. The van der Waals surface area contributed by atoms with Crippen LogP contribution in [0.3, 0.4) is 0 Å². The normalized spacial score (nSPS) is 9.30. The maximum atomic E-state index is 10.7. The Labute approximate surface area is 58.3 Å². The van der Waals surface area contributed by atoms with Gasteiger partial charge in [0.2, 0.25) is 5.91 Å². The number of carbonyl (C=O) groups is 2. The van der Waals surface area contributed by atoms with Crippen molar-refractivity contribution in [1.29, 1.82) is 0 Å². The van der Waals surface area contributed by atoms with Crippen molar-refractivity contribution in [2.24, 2.45) is 0 Å². The van der Waals surface area contributed by atoms with Crippen LogP contribution in [0.15, 0.2) is 18.3 Å². The fourth-order valence-corrected chi connectivity index (χ4v) is 0.777. The molecule has 1 rings (SSSR count). The minimum Gasteiger partial charge on any atom is -0.296 e. The molecule has 0 unspecified atom stereocenters. The molecule has 0 radical (unpaired) electrons. The lowest BCUT2D eigenvalue weighted by molar-refractivity contribution is 0.0924. The highest BCUT2D eigenvalue weighted by molar-refractivity contribution is 5.84. The molecule has 0 bridgehead atoms. The van der Waals surface area contributed by atoms with Crippen molar-refractivity contribution in [1.82, 2.24) is 4.57 Å². The van der Waals surface area contributed by atoms with E-state index in [1.807, 2.05) is 0 Å². The second kappa shape index (κ2) is 2.47. The maximum Gasteiger partial charge on any atom is 0.228 e. The first-order valence-corrected chi connectivity index (χ1v) is 2.89. The van der Waals surface area contributed by atoms with E-state index in [1.54, 1.807) is 18.3 Å². The number of aromatic nitrogens is 1. The molecule has 0 saturated heterocycles. The summed E-state index contributed by atoms with van der Waals surface area (Å²) in [4.78, 5) is 20.9. The van der Waals surface area contributed by atoms with Crippen LogP contribution in [0.1, 0.15) is 22.2 Å². The van der Waals surface area contributed by atoms with Crippen LogP contribution in [0, 0.1) is 0 Å². The Balaban J connectivity index is 3.13. The van der Waals surface area contributed by atoms with E-state index in [9.17, 15) is 9.59 Å². The van der Waals surface area contributed by atoms with Gasteiger partial charge in [-0.3, -0.25) is 14.2 Å². The molecule has 1 heterocycles. The van der Waals surface area contributed by atoms with E-state index < -0.39 is 0 Å². The monoisotopic (exact) mass is 137 g/mol. The molecule has 0 spiro atoms. The highest BCUT2D eigenvalue weighted by Crippen LogP contribution is 1.97. The van der Waals surface area contributed by atoms with Gasteiger partial charge in [0.05, 0.1) is 5.69 Å². The lowest BCUT2D eigenvalue weighted by Gasteiger charge is -1.95. The third-order valence-corrected chi connectivity index (χ3v) is 1.24. The van der Waals surface area contributed by atoms with Crippen LogP contribution in [0.5, 0.6) is 0 Å². The first kappa shape index (κ1) is 6.74. The van der Waals surface area contributed by atoms with E-state index in [-0.39, 0.29) is 5.91 Å². The van der Waals surface area contributed by atoms with Crippen molar-refractivity contribution in [2.45, 2.75) is 6.92 Å². The Morgan fingerprint density at radius 3 is 2.80 bits per heavy atom. The van der Waals surface area contributed by atoms with Crippen LogP contribution in [0.2, 0.25) is 0 Å². The molecule has 0 N–H and O–H groups in total. The summed E-state index contributed by atoms with van der Waals surface area (Å²) in [6, 6.07) is 3.25. The second-order valence-electron chi connectivity index (χ2n) is 1.94. The predicted octanol–water partition coefficient (Wildman–Crippen LogP) is 0.961. The van der Waals surface area contributed by atoms with Crippen molar-refractivity contribution < 1.29 is 9.59 Å². The minimum absolute atomic E-state index is 0.146. The maximum absolute atomic E-state index is 10.7. The van der Waals surface area contributed by atoms with Crippen LogP contribution in [0.4, 0.5) is 0 Å². The summed E-state index contributed by atoms with van der Waals surface area (Å²) >= 11 is 0. The van der Waals surface area contributed by atoms with Crippen LogP contribution >= 0.6 is 0 Å². The smallest absolute Gasteiger partial charge is 0.228 e. The van der Waals surface area contributed by atoms with Crippen LogP contribution in [-0.2, 0) is 0 Å². The van der Waals surface area contributed by atoms with Gasteiger partial charge in [0.15, 0.2) is 6.29 Å². The highest BCUT2D eigenvalue weighted by atomic mass is 16.2. The molecule has 0 aliphatic carbocycles. The molecular weight excluding hydrogens is 130 g/mol. The molecule has 0 atom stereocenters. The van der Waals surface area contributed by atoms with Gasteiger partial charge in [-0.25, -0.2) is 0 Å². The van der Waals surface area contributed by atoms with Crippen LogP contribution in [-0.4, -0.2) is 16.8 Å². The SMILES string of the molecule is CC(=O)n1cccc1C=O. The fourth-order valence-electron chi connectivity index (χ4n) is 0.777. The summed E-state index contributed by atoms with van der Waals surface area (Å²) in [5.41, 5.74) is 0.396. The Hall–Kier alpha value is -1.38. The van der Waals surface area contributed by atoms with Gasteiger partial charge < -0.3 is 0 Å². The van der Waals surface area contributed by atoms with Crippen molar-refractivity contribution in [3.8, 4) is 0 Å². The van der Waals surface area contributed by atoms with E-state index in [0.29, 0.717) is 12.0 Å². The first-order valence-electron chi connectivity index (χ1n) is 2.89. The second-order valence-corrected chi connectivity index (χ2v) is 1.94. The molecule has 10 heavy (non-hydrogen) atoms. The number of nitrogens with zero attached hydrogens (tertiary/aromatic N) is 1. The lowest BCUT2D eigenvalue weighted by Crippen LogP contribution is -2.06. The summed E-state index contributed by atoms with van der Waals surface area (Å²) in [7, 11) is 0. The molecule has 3 heteroatoms. The van der Waals surface area contributed by atoms with Crippen LogP contribution in [0.25, 0.3) is 0 Å². The summed E-state index contributed by atoms with van der Waals surface area (Å²) < 4.78 is 1.30. The lowest BCUT2D eigenvalue weighted by atomic mass is 10.5. The third kappa shape index (κ3) is 0.978. The third-order valence-electron chi connectivity index (χ3n) is 1.24. The van der Waals surface area contributed by atoms with Gasteiger partial charge in [0.1, 0.15) is 0 Å². The van der Waals surface area contributed by atoms with Crippen molar-refractivity contribution in [3.63, 3.8) is 0 Å². The van der Waals surface area contributed by atoms with Crippen molar-refractivity contribution >= 4 is 12.2 Å². The average molecular weight is 137 g/mol. The summed E-state index contributed by atoms with van der Waals surface area (Å²) in [6.45, 7) is 1.41. The molecule has 1 aromatic heterocycles. The number of carbonyl (C=O) groups excluding carboxylic acids is 2. The van der Waals surface area contributed by atoms with Gasteiger partial charge in [-0.15, -0.1) is 0 Å². The first-order chi connectivity index (χ1) is 4.75. The van der Waals surface area contributed by atoms with Crippen molar-refractivity contribution in [2.75, 3.05) is 0 Å². The van der Waals surface area contributed by atoms with E-state index in [4.69, 9.17) is 0 Å². The Kier molecular flexibility index (Phi) is 1.67. The number of hydrogen-bond donors (Lipinski definition) is 0. The molecule has 0 aliphatic rings. The zero-order valence-electron chi connectivity index (χ0n) is 5.57. The van der Waals surface area contributed by atoms with Gasteiger partial charge in [0, 0.05) is 13.1 Å². The molecule has 0 aliphatic heterocycles. The largest absolute Gasteiger partial charge is 0.296 e. The molecule has 0 saturated carbocycles. The molecule has 52 valence electrons. The molecular formula is C7H7NO2.